The molecule has 1 atom stereocenters. The maximum atomic E-state index is 11.3. The van der Waals surface area contributed by atoms with Crippen LogP contribution in [0, 0.1) is 6.42 Å². The molecule has 1 aliphatic heterocycles. The number of hydrogen-bond acceptors (Lipinski definition) is 2. The molecule has 0 aliphatic carbocycles. The highest BCUT2D eigenvalue weighted by molar-refractivity contribution is 7.93. The van der Waals surface area contributed by atoms with Gasteiger partial charge < -0.3 is 0 Å². The molecule has 1 aromatic carbocycles. The van der Waals surface area contributed by atoms with E-state index in [1.165, 1.54) is 0 Å². The van der Waals surface area contributed by atoms with Gasteiger partial charge in [0.2, 0.25) is 0 Å². The molecule has 1 heterocycles. The first-order chi connectivity index (χ1) is 6.49. The molecule has 1 fully saturated rings. The molecule has 2 rings (SSSR count). The summed E-state index contributed by atoms with van der Waals surface area (Å²) in [6.07, 6.45) is 1.73. The lowest BCUT2D eigenvalue weighted by Crippen LogP contribution is -2.29. The van der Waals surface area contributed by atoms with Crippen molar-refractivity contribution in [3.8, 4) is 0 Å². The minimum atomic E-state index is -2.98. The van der Waals surface area contributed by atoms with Gasteiger partial charge in [0.1, 0.15) is 0 Å². The summed E-state index contributed by atoms with van der Waals surface area (Å²) in [7, 11) is -2.98. The Morgan fingerprint density at radius 2 is 1.71 bits per heavy atom. The van der Waals surface area contributed by atoms with Gasteiger partial charge in [-0.15, -0.1) is 0 Å². The van der Waals surface area contributed by atoms with Crippen molar-refractivity contribution >= 4 is 33.0 Å². The fourth-order valence-corrected chi connectivity index (χ4v) is 3.23. The van der Waals surface area contributed by atoms with Crippen molar-refractivity contribution in [1.82, 2.24) is 0 Å². The first-order valence-corrected chi connectivity index (χ1v) is 6.47. The van der Waals surface area contributed by atoms with E-state index in [2.05, 4.69) is 0 Å². The van der Waals surface area contributed by atoms with E-state index in [0.29, 0.717) is 15.6 Å². The first kappa shape index (κ1) is 10.3. The summed E-state index contributed by atoms with van der Waals surface area (Å²) < 4.78 is 22.6. The van der Waals surface area contributed by atoms with Gasteiger partial charge in [0.15, 0.2) is 9.84 Å². The number of halogens is 2. The van der Waals surface area contributed by atoms with Crippen molar-refractivity contribution in [2.24, 2.45) is 0 Å². The van der Waals surface area contributed by atoms with Crippen LogP contribution in [-0.2, 0) is 9.84 Å². The van der Waals surface area contributed by atoms with Crippen LogP contribution in [0.25, 0.3) is 0 Å². The molecule has 1 radical (unpaired) electrons. The Labute approximate surface area is 92.8 Å². The fourth-order valence-electron chi connectivity index (χ4n) is 1.43. The first-order valence-electron chi connectivity index (χ1n) is 4.00. The third kappa shape index (κ3) is 1.76. The number of hydrogen-bond donors (Lipinski definition) is 0. The van der Waals surface area contributed by atoms with Gasteiger partial charge >= 0.3 is 0 Å². The van der Waals surface area contributed by atoms with Gasteiger partial charge in [-0.25, -0.2) is 8.42 Å². The van der Waals surface area contributed by atoms with Crippen LogP contribution in [0.1, 0.15) is 10.8 Å². The smallest absolute Gasteiger partial charge is 0.157 e. The van der Waals surface area contributed by atoms with Crippen LogP contribution in [0.5, 0.6) is 0 Å². The Bertz CT molecular complexity index is 447. The third-order valence-electron chi connectivity index (χ3n) is 2.14. The van der Waals surface area contributed by atoms with Crippen LogP contribution in [-0.4, -0.2) is 14.2 Å². The normalized spacial score (nSPS) is 24.3. The summed E-state index contributed by atoms with van der Waals surface area (Å²) in [5.41, 5.74) is 0.647. The summed E-state index contributed by atoms with van der Waals surface area (Å²) in [6.45, 7) is 0. The van der Waals surface area contributed by atoms with Crippen molar-refractivity contribution in [2.45, 2.75) is 5.25 Å². The zero-order valence-corrected chi connectivity index (χ0v) is 9.40. The Kier molecular flexibility index (Phi) is 2.50. The van der Waals surface area contributed by atoms with Crippen molar-refractivity contribution in [3.05, 3.63) is 40.2 Å². The number of sulfone groups is 1. The standard InChI is InChI=1S/C9H7Cl2O2S/c10-7-3-6(4-8(11)5-7)9-1-2-14(9,12)13/h1,3-5,9H,2H2. The third-order valence-corrected chi connectivity index (χ3v) is 4.47. The van der Waals surface area contributed by atoms with E-state index in [1.807, 2.05) is 0 Å². The van der Waals surface area contributed by atoms with E-state index >= 15 is 0 Å². The van der Waals surface area contributed by atoms with Crippen molar-refractivity contribution in [3.63, 3.8) is 0 Å². The van der Waals surface area contributed by atoms with Gasteiger partial charge in [0.25, 0.3) is 0 Å². The summed E-state index contributed by atoms with van der Waals surface area (Å²) in [6, 6.07) is 4.84. The molecular formula is C9H7Cl2O2S. The van der Waals surface area contributed by atoms with Crippen LogP contribution < -0.4 is 0 Å². The van der Waals surface area contributed by atoms with E-state index in [1.54, 1.807) is 24.6 Å². The minimum absolute atomic E-state index is 0.141. The Morgan fingerprint density at radius 3 is 2.07 bits per heavy atom. The molecule has 2 nitrogen and oxygen atoms in total. The maximum absolute atomic E-state index is 11.3. The second kappa shape index (κ2) is 3.40. The largest absolute Gasteiger partial charge is 0.228 e. The predicted octanol–water partition coefficient (Wildman–Crippen LogP) is 2.67. The highest BCUT2D eigenvalue weighted by atomic mass is 35.5. The SMILES string of the molecule is O=S1(=O)C[CH]C1c1cc(Cl)cc(Cl)c1. The number of benzene rings is 1. The maximum Gasteiger partial charge on any atom is 0.157 e. The molecule has 0 N–H and O–H groups in total. The summed E-state index contributed by atoms with van der Waals surface area (Å²) in [5.74, 6) is 0.141. The zero-order valence-electron chi connectivity index (χ0n) is 7.07. The molecule has 5 heteroatoms. The van der Waals surface area contributed by atoms with Gasteiger partial charge in [0.05, 0.1) is 11.0 Å². The van der Waals surface area contributed by atoms with Crippen molar-refractivity contribution in [2.75, 3.05) is 5.75 Å². The fraction of sp³-hybridized carbons (Fsp3) is 0.222. The Morgan fingerprint density at radius 1 is 1.14 bits per heavy atom. The molecule has 1 saturated heterocycles. The zero-order chi connectivity index (χ0) is 10.3. The van der Waals surface area contributed by atoms with Crippen molar-refractivity contribution < 1.29 is 8.42 Å². The summed E-state index contributed by atoms with van der Waals surface area (Å²) in [5, 5.41) is 0.393. The molecule has 1 aliphatic rings. The average Bonchev–Trinajstić information content (AvgIpc) is 2.00. The highest BCUT2D eigenvalue weighted by Gasteiger charge is 2.37. The average molecular weight is 250 g/mol. The van der Waals surface area contributed by atoms with Crippen LogP contribution in [0.15, 0.2) is 18.2 Å². The molecule has 0 spiro atoms. The molecule has 1 unspecified atom stereocenters. The Balaban J connectivity index is 2.43. The number of rotatable bonds is 1. The van der Waals surface area contributed by atoms with Gasteiger partial charge in [-0.1, -0.05) is 23.2 Å². The molecule has 0 bridgehead atoms. The molecular weight excluding hydrogens is 243 g/mol. The van der Waals surface area contributed by atoms with E-state index in [-0.39, 0.29) is 5.75 Å². The molecule has 1 aromatic rings. The quantitative estimate of drug-likeness (QED) is 0.767. The van der Waals surface area contributed by atoms with Gasteiger partial charge in [-0.3, -0.25) is 0 Å². The van der Waals surface area contributed by atoms with Gasteiger partial charge in [0, 0.05) is 10.0 Å². The second-order valence-electron chi connectivity index (χ2n) is 3.19. The van der Waals surface area contributed by atoms with E-state index in [4.69, 9.17) is 23.2 Å². The lowest BCUT2D eigenvalue weighted by Gasteiger charge is -2.26. The van der Waals surface area contributed by atoms with Gasteiger partial charge in [-0.05, 0) is 30.2 Å². The highest BCUT2D eigenvalue weighted by Crippen LogP contribution is 2.37. The molecule has 75 valence electrons. The summed E-state index contributed by atoms with van der Waals surface area (Å²) >= 11 is 11.6. The lowest BCUT2D eigenvalue weighted by molar-refractivity contribution is 0.577. The van der Waals surface area contributed by atoms with Crippen LogP contribution >= 0.6 is 23.2 Å². The molecule has 0 aromatic heterocycles. The van der Waals surface area contributed by atoms with Crippen molar-refractivity contribution in [1.29, 1.82) is 0 Å². The van der Waals surface area contributed by atoms with Crippen LogP contribution in [0.2, 0.25) is 10.0 Å². The van der Waals surface area contributed by atoms with E-state index in [0.717, 1.165) is 0 Å². The summed E-state index contributed by atoms with van der Waals surface area (Å²) in [4.78, 5) is 0. The Hall–Kier alpha value is -0.250. The topological polar surface area (TPSA) is 34.1 Å². The monoisotopic (exact) mass is 249 g/mol. The van der Waals surface area contributed by atoms with Gasteiger partial charge in [-0.2, -0.15) is 0 Å². The van der Waals surface area contributed by atoms with E-state index < -0.39 is 15.1 Å². The molecule has 14 heavy (non-hydrogen) atoms. The second-order valence-corrected chi connectivity index (χ2v) is 6.23. The van der Waals surface area contributed by atoms with E-state index in [9.17, 15) is 8.42 Å². The van der Waals surface area contributed by atoms with Crippen LogP contribution in [0.3, 0.4) is 0 Å². The lowest BCUT2D eigenvalue weighted by atomic mass is 10.1. The molecule has 0 amide bonds. The minimum Gasteiger partial charge on any atom is -0.228 e. The predicted molar refractivity (Wildman–Crippen MR) is 57.3 cm³/mol. The van der Waals surface area contributed by atoms with Crippen LogP contribution in [0.4, 0.5) is 0 Å². The molecule has 0 saturated carbocycles.